The molecule has 1 aliphatic rings. The highest BCUT2D eigenvalue weighted by Gasteiger charge is 2.31. The molecule has 2 aromatic rings. The molecule has 1 aromatic carbocycles. The SMILES string of the molecule is C[C@H]1CCCCN1S(=O)(=O)c1ccc2oc(=O)ccc2c1. The molecule has 1 aromatic heterocycles. The number of hydrogen-bond donors (Lipinski definition) is 0. The number of piperidine rings is 1. The van der Waals surface area contributed by atoms with Crippen molar-refractivity contribution in [2.75, 3.05) is 6.54 Å². The van der Waals surface area contributed by atoms with Crippen LogP contribution < -0.4 is 5.63 Å². The van der Waals surface area contributed by atoms with E-state index < -0.39 is 15.6 Å². The summed E-state index contributed by atoms with van der Waals surface area (Å²) in [5.41, 5.74) is -0.0455. The summed E-state index contributed by atoms with van der Waals surface area (Å²) >= 11 is 0. The second-order valence-corrected chi connectivity index (χ2v) is 7.31. The second-order valence-electron chi connectivity index (χ2n) is 5.41. The van der Waals surface area contributed by atoms with Gasteiger partial charge in [-0.1, -0.05) is 6.42 Å². The molecule has 0 radical (unpaired) electrons. The fourth-order valence-electron chi connectivity index (χ4n) is 2.77. The molecule has 0 bridgehead atoms. The smallest absolute Gasteiger partial charge is 0.336 e. The maximum absolute atomic E-state index is 12.7. The summed E-state index contributed by atoms with van der Waals surface area (Å²) in [6.45, 7) is 2.50. The number of rotatable bonds is 2. The topological polar surface area (TPSA) is 67.6 Å². The summed E-state index contributed by atoms with van der Waals surface area (Å²) in [6.07, 6.45) is 2.85. The van der Waals surface area contributed by atoms with E-state index in [9.17, 15) is 13.2 Å². The molecule has 1 fully saturated rings. The van der Waals surface area contributed by atoms with E-state index in [1.54, 1.807) is 16.4 Å². The van der Waals surface area contributed by atoms with Crippen LogP contribution in [0.3, 0.4) is 0 Å². The maximum atomic E-state index is 12.7. The molecule has 1 aliphatic heterocycles. The molecule has 112 valence electrons. The Morgan fingerprint density at radius 2 is 2.00 bits per heavy atom. The molecular weight excluding hydrogens is 290 g/mol. The van der Waals surface area contributed by atoms with Gasteiger partial charge in [0.1, 0.15) is 5.58 Å². The van der Waals surface area contributed by atoms with Crippen molar-refractivity contribution in [3.05, 3.63) is 40.8 Å². The predicted octanol–water partition coefficient (Wildman–Crippen LogP) is 2.36. The van der Waals surface area contributed by atoms with Gasteiger partial charge in [0.05, 0.1) is 4.90 Å². The Balaban J connectivity index is 2.06. The molecule has 0 spiro atoms. The zero-order valence-corrected chi connectivity index (χ0v) is 12.6. The lowest BCUT2D eigenvalue weighted by molar-refractivity contribution is 0.268. The Hall–Kier alpha value is -1.66. The third-order valence-corrected chi connectivity index (χ3v) is 5.95. The van der Waals surface area contributed by atoms with Crippen molar-refractivity contribution >= 4 is 21.0 Å². The van der Waals surface area contributed by atoms with Crippen LogP contribution in [-0.4, -0.2) is 25.3 Å². The van der Waals surface area contributed by atoms with Crippen LogP contribution in [0.25, 0.3) is 11.0 Å². The lowest BCUT2D eigenvalue weighted by Gasteiger charge is -2.32. The van der Waals surface area contributed by atoms with Gasteiger partial charge >= 0.3 is 5.63 Å². The van der Waals surface area contributed by atoms with E-state index in [2.05, 4.69) is 0 Å². The first-order valence-corrected chi connectivity index (χ1v) is 8.48. The Kier molecular flexibility index (Phi) is 3.59. The zero-order chi connectivity index (χ0) is 15.0. The highest BCUT2D eigenvalue weighted by molar-refractivity contribution is 7.89. The second kappa shape index (κ2) is 5.27. The van der Waals surface area contributed by atoms with Gasteiger partial charge < -0.3 is 4.42 Å². The van der Waals surface area contributed by atoms with E-state index in [0.29, 0.717) is 17.5 Å². The molecule has 1 saturated heterocycles. The molecule has 0 aliphatic carbocycles. The minimum Gasteiger partial charge on any atom is -0.423 e. The summed E-state index contributed by atoms with van der Waals surface area (Å²) in [4.78, 5) is 11.4. The fourth-order valence-corrected chi connectivity index (χ4v) is 4.51. The highest BCUT2D eigenvalue weighted by Crippen LogP contribution is 2.26. The van der Waals surface area contributed by atoms with Crippen LogP contribution in [0.1, 0.15) is 26.2 Å². The van der Waals surface area contributed by atoms with Crippen LogP contribution in [0.2, 0.25) is 0 Å². The van der Waals surface area contributed by atoms with Gasteiger partial charge in [-0.05, 0) is 44.0 Å². The average Bonchev–Trinajstić information content (AvgIpc) is 2.47. The molecule has 5 nitrogen and oxygen atoms in total. The molecule has 6 heteroatoms. The monoisotopic (exact) mass is 307 g/mol. The van der Waals surface area contributed by atoms with Crippen molar-refractivity contribution in [1.29, 1.82) is 0 Å². The van der Waals surface area contributed by atoms with E-state index >= 15 is 0 Å². The zero-order valence-electron chi connectivity index (χ0n) is 11.8. The first-order chi connectivity index (χ1) is 9.98. The Labute approximate surface area is 123 Å². The van der Waals surface area contributed by atoms with Gasteiger partial charge in [-0.2, -0.15) is 4.31 Å². The van der Waals surface area contributed by atoms with Gasteiger partial charge in [-0.25, -0.2) is 13.2 Å². The maximum Gasteiger partial charge on any atom is 0.336 e. The standard InChI is InChI=1S/C15H17NO4S/c1-11-4-2-3-9-16(11)21(18,19)13-6-7-14-12(10-13)5-8-15(17)20-14/h5-8,10-11H,2-4,9H2,1H3/t11-/m0/s1. The van der Waals surface area contributed by atoms with Crippen LogP contribution in [0, 0.1) is 0 Å². The van der Waals surface area contributed by atoms with Gasteiger partial charge in [0, 0.05) is 24.0 Å². The molecular formula is C15H17NO4S. The van der Waals surface area contributed by atoms with E-state index in [-0.39, 0.29) is 10.9 Å². The predicted molar refractivity (Wildman–Crippen MR) is 79.7 cm³/mol. The lowest BCUT2D eigenvalue weighted by atomic mass is 10.1. The summed E-state index contributed by atoms with van der Waals surface area (Å²) in [6, 6.07) is 7.50. The van der Waals surface area contributed by atoms with E-state index in [1.807, 2.05) is 6.92 Å². The van der Waals surface area contributed by atoms with E-state index in [1.165, 1.54) is 18.2 Å². The molecule has 2 heterocycles. The van der Waals surface area contributed by atoms with Crippen molar-refractivity contribution in [2.24, 2.45) is 0 Å². The van der Waals surface area contributed by atoms with Gasteiger partial charge in [0.2, 0.25) is 10.0 Å². The summed E-state index contributed by atoms with van der Waals surface area (Å²) < 4.78 is 32.1. The number of fused-ring (bicyclic) bond motifs is 1. The number of benzene rings is 1. The summed E-state index contributed by atoms with van der Waals surface area (Å²) in [7, 11) is -3.50. The number of sulfonamides is 1. The number of nitrogens with zero attached hydrogens (tertiary/aromatic N) is 1. The quantitative estimate of drug-likeness (QED) is 0.799. The minimum absolute atomic E-state index is 0.0214. The van der Waals surface area contributed by atoms with Crippen molar-refractivity contribution < 1.29 is 12.8 Å². The molecule has 1 atom stereocenters. The lowest BCUT2D eigenvalue weighted by Crippen LogP contribution is -2.41. The summed E-state index contributed by atoms with van der Waals surface area (Å²) in [5.74, 6) is 0. The average molecular weight is 307 g/mol. The first-order valence-electron chi connectivity index (χ1n) is 7.04. The van der Waals surface area contributed by atoms with E-state index in [0.717, 1.165) is 19.3 Å². The molecule has 3 rings (SSSR count). The van der Waals surface area contributed by atoms with Crippen LogP contribution in [0.5, 0.6) is 0 Å². The molecule has 0 saturated carbocycles. The van der Waals surface area contributed by atoms with Crippen molar-refractivity contribution in [2.45, 2.75) is 37.1 Å². The largest absolute Gasteiger partial charge is 0.423 e. The first kappa shape index (κ1) is 14.3. The Bertz CT molecular complexity index is 825. The van der Waals surface area contributed by atoms with E-state index in [4.69, 9.17) is 4.42 Å². The minimum atomic E-state index is -3.50. The fraction of sp³-hybridized carbons (Fsp3) is 0.400. The van der Waals surface area contributed by atoms with Crippen molar-refractivity contribution in [3.63, 3.8) is 0 Å². The van der Waals surface area contributed by atoms with Crippen LogP contribution in [0.15, 0.2) is 44.4 Å². The third kappa shape index (κ3) is 2.61. The van der Waals surface area contributed by atoms with Crippen LogP contribution in [-0.2, 0) is 10.0 Å². The Morgan fingerprint density at radius 1 is 1.19 bits per heavy atom. The highest BCUT2D eigenvalue weighted by atomic mass is 32.2. The van der Waals surface area contributed by atoms with Gasteiger partial charge in [-0.3, -0.25) is 0 Å². The molecule has 0 N–H and O–H groups in total. The van der Waals surface area contributed by atoms with Gasteiger partial charge in [0.25, 0.3) is 0 Å². The number of hydrogen-bond acceptors (Lipinski definition) is 4. The summed E-state index contributed by atoms with van der Waals surface area (Å²) in [5, 5.41) is 0.611. The van der Waals surface area contributed by atoms with Crippen molar-refractivity contribution in [3.8, 4) is 0 Å². The molecule has 21 heavy (non-hydrogen) atoms. The molecule has 0 amide bonds. The van der Waals surface area contributed by atoms with Gasteiger partial charge in [0.15, 0.2) is 0 Å². The van der Waals surface area contributed by atoms with Crippen LogP contribution >= 0.6 is 0 Å². The normalized spacial score (nSPS) is 20.7. The van der Waals surface area contributed by atoms with Crippen molar-refractivity contribution in [1.82, 2.24) is 4.31 Å². The third-order valence-electron chi connectivity index (χ3n) is 3.94. The van der Waals surface area contributed by atoms with Gasteiger partial charge in [-0.15, -0.1) is 0 Å². The molecule has 0 unspecified atom stereocenters. The van der Waals surface area contributed by atoms with Crippen LogP contribution in [0.4, 0.5) is 0 Å². The Morgan fingerprint density at radius 3 is 2.76 bits per heavy atom.